The second-order valence-corrected chi connectivity index (χ2v) is 14.9. The highest BCUT2D eigenvalue weighted by atomic mass is 32.1. The van der Waals surface area contributed by atoms with Crippen LogP contribution in [0.5, 0.6) is 0 Å². The van der Waals surface area contributed by atoms with Gasteiger partial charge in [-0.3, -0.25) is 9.59 Å². The molecule has 0 bridgehead atoms. The van der Waals surface area contributed by atoms with Gasteiger partial charge in [-0.15, -0.1) is 22.7 Å². The van der Waals surface area contributed by atoms with E-state index in [9.17, 15) is 48.2 Å². The molecule has 1 saturated carbocycles. The minimum absolute atomic E-state index is 0.0233. The van der Waals surface area contributed by atoms with E-state index in [1.165, 1.54) is 22.7 Å². The molecule has 1 fully saturated rings. The van der Waals surface area contributed by atoms with Crippen molar-refractivity contribution in [2.45, 2.75) is 37.5 Å². The van der Waals surface area contributed by atoms with Gasteiger partial charge in [0.15, 0.2) is 34.8 Å². The second kappa shape index (κ2) is 12.0. The highest BCUT2D eigenvalue weighted by molar-refractivity contribution is 7.23. The van der Waals surface area contributed by atoms with Crippen LogP contribution in [0.2, 0.25) is 0 Å². The van der Waals surface area contributed by atoms with E-state index in [-0.39, 0.29) is 44.5 Å². The normalized spacial score (nSPS) is 17.8. The first-order chi connectivity index (χ1) is 25.0. The highest BCUT2D eigenvalue weighted by Gasteiger charge is 2.47. The summed E-state index contributed by atoms with van der Waals surface area (Å²) in [5.41, 5.74) is 0.352. The maximum Gasteiger partial charge on any atom is 0.194 e. The van der Waals surface area contributed by atoms with E-state index in [2.05, 4.69) is 0 Å². The standard InChI is InChI=1S/C40H18F4N4O2S2/c41-30-10-22-24(12-32(30)43)36(49)26(34(22)18(14-45)15-46)6-20-8-28-38(51-20)39-29(40(28)4-2-1-3-5-40)9-21(52-39)7-27-35(19(16-47)17-48)23-11-31(42)33(44)13-25(23)37(27)50/h6-13H,1-5H2/b26-6-,27-7-. The predicted octanol–water partition coefficient (Wildman–Crippen LogP) is 9.76. The summed E-state index contributed by atoms with van der Waals surface area (Å²) in [5.74, 6) is -6.16. The minimum Gasteiger partial charge on any atom is -0.289 e. The predicted molar refractivity (Wildman–Crippen MR) is 185 cm³/mol. The fourth-order valence-corrected chi connectivity index (χ4v) is 10.5. The largest absolute Gasteiger partial charge is 0.289 e. The summed E-state index contributed by atoms with van der Waals surface area (Å²) >= 11 is 2.75. The van der Waals surface area contributed by atoms with Gasteiger partial charge in [-0.05, 0) is 83.6 Å². The number of carbonyl (C=O) groups is 2. The molecule has 12 heteroatoms. The lowest BCUT2D eigenvalue weighted by atomic mass is 9.68. The summed E-state index contributed by atoms with van der Waals surface area (Å²) in [6.45, 7) is 0. The Bertz CT molecular complexity index is 2480. The summed E-state index contributed by atoms with van der Waals surface area (Å²) in [7, 11) is 0. The number of carbonyl (C=O) groups excluding carboxylic acids is 2. The summed E-state index contributed by atoms with van der Waals surface area (Å²) in [6, 6.07) is 14.3. The molecule has 0 atom stereocenters. The molecule has 2 heterocycles. The van der Waals surface area contributed by atoms with Crippen molar-refractivity contribution in [2.75, 3.05) is 0 Å². The van der Waals surface area contributed by atoms with Crippen LogP contribution in [0, 0.1) is 68.6 Å². The van der Waals surface area contributed by atoms with Gasteiger partial charge in [-0.2, -0.15) is 21.0 Å². The Hall–Kier alpha value is -6.18. The maximum atomic E-state index is 14.3. The van der Waals surface area contributed by atoms with Gasteiger partial charge in [-0.25, -0.2) is 17.6 Å². The Morgan fingerprint density at radius 1 is 0.577 bits per heavy atom. The molecule has 0 N–H and O–H groups in total. The number of fused-ring (bicyclic) bond motifs is 7. The van der Waals surface area contributed by atoms with Gasteiger partial charge in [0.05, 0.1) is 0 Å². The van der Waals surface area contributed by atoms with E-state index in [1.54, 1.807) is 36.4 Å². The number of thiophene rings is 2. The van der Waals surface area contributed by atoms with Crippen molar-refractivity contribution in [3.63, 3.8) is 0 Å². The molecule has 0 unspecified atom stereocenters. The van der Waals surface area contributed by atoms with Gasteiger partial charge in [0.25, 0.3) is 0 Å². The average molecular weight is 727 g/mol. The summed E-state index contributed by atoms with van der Waals surface area (Å²) in [5, 5.41) is 38.9. The van der Waals surface area contributed by atoms with Crippen molar-refractivity contribution in [2.24, 2.45) is 0 Å². The monoisotopic (exact) mass is 726 g/mol. The molecule has 4 aromatic rings. The zero-order valence-corrected chi connectivity index (χ0v) is 28.2. The van der Waals surface area contributed by atoms with Crippen LogP contribution < -0.4 is 0 Å². The van der Waals surface area contributed by atoms with Crippen LogP contribution in [0.4, 0.5) is 17.6 Å². The molecule has 1 spiro atoms. The Labute approximate surface area is 301 Å². The van der Waals surface area contributed by atoms with Crippen molar-refractivity contribution >= 4 is 57.5 Å². The van der Waals surface area contributed by atoms with Crippen LogP contribution in [-0.2, 0) is 5.41 Å². The second-order valence-electron chi connectivity index (χ2n) is 12.8. The molecule has 6 nitrogen and oxygen atoms in total. The highest BCUT2D eigenvalue weighted by Crippen LogP contribution is 2.61. The van der Waals surface area contributed by atoms with Crippen LogP contribution in [0.15, 0.2) is 58.7 Å². The van der Waals surface area contributed by atoms with Gasteiger partial charge >= 0.3 is 0 Å². The van der Waals surface area contributed by atoms with E-state index < -0.39 is 51.4 Å². The van der Waals surface area contributed by atoms with E-state index in [0.717, 1.165) is 77.3 Å². The molecule has 4 aliphatic rings. The fraction of sp³-hybridized carbons (Fsp3) is 0.150. The summed E-state index contributed by atoms with van der Waals surface area (Å²) < 4.78 is 57.1. The molecule has 0 saturated heterocycles. The maximum absolute atomic E-state index is 14.3. The lowest BCUT2D eigenvalue weighted by Crippen LogP contribution is -2.27. The van der Waals surface area contributed by atoms with E-state index in [1.807, 2.05) is 12.1 Å². The van der Waals surface area contributed by atoms with Gasteiger partial charge in [0.1, 0.15) is 35.4 Å². The van der Waals surface area contributed by atoms with E-state index in [4.69, 9.17) is 0 Å². The summed E-state index contributed by atoms with van der Waals surface area (Å²) in [4.78, 5) is 30.3. The Morgan fingerprint density at radius 2 is 0.942 bits per heavy atom. The molecule has 250 valence electrons. The lowest BCUT2D eigenvalue weighted by molar-refractivity contribution is 0.103. The third-order valence-electron chi connectivity index (χ3n) is 10.1. The summed E-state index contributed by atoms with van der Waals surface area (Å²) in [6.07, 6.45) is 7.64. The molecule has 52 heavy (non-hydrogen) atoms. The smallest absolute Gasteiger partial charge is 0.194 e. The zero-order chi connectivity index (χ0) is 36.6. The molecule has 0 radical (unpaired) electrons. The topological polar surface area (TPSA) is 129 Å². The van der Waals surface area contributed by atoms with Crippen LogP contribution in [0.1, 0.15) is 84.8 Å². The molecule has 0 amide bonds. The van der Waals surface area contributed by atoms with Gasteiger partial charge < -0.3 is 0 Å². The Morgan fingerprint density at radius 3 is 1.31 bits per heavy atom. The number of rotatable bonds is 2. The van der Waals surface area contributed by atoms with Crippen molar-refractivity contribution < 1.29 is 27.2 Å². The van der Waals surface area contributed by atoms with E-state index in [0.29, 0.717) is 9.75 Å². The number of hydrogen-bond donors (Lipinski definition) is 0. The minimum atomic E-state index is -1.23. The Balaban J connectivity index is 1.28. The van der Waals surface area contributed by atoms with Gasteiger partial charge in [0, 0.05) is 58.3 Å². The van der Waals surface area contributed by atoms with Gasteiger partial charge in [-0.1, -0.05) is 19.3 Å². The molecule has 0 aliphatic heterocycles. The quantitative estimate of drug-likeness (QED) is 0.115. The molecular weight excluding hydrogens is 709 g/mol. The van der Waals surface area contributed by atoms with Crippen molar-refractivity contribution in [3.8, 4) is 34.0 Å². The SMILES string of the molecule is N#CC(C#N)=C1/C(=C/c2cc3c(s2)-c2sc(/C=C4\C(=O)c5cc(F)c(F)cc5C4=C(C#N)C#N)cc2C32CCCCC2)C(=O)c2cc(F)c(F)cc21. The first-order valence-electron chi connectivity index (χ1n) is 16.0. The Kier molecular flexibility index (Phi) is 7.59. The number of nitrogens with zero attached hydrogens (tertiary/aromatic N) is 4. The molecule has 4 aliphatic carbocycles. The van der Waals surface area contributed by atoms with Crippen molar-refractivity contribution in [3.05, 3.63) is 125 Å². The molecule has 8 rings (SSSR count). The molecule has 2 aromatic carbocycles. The number of benzene rings is 2. The van der Waals surface area contributed by atoms with Crippen LogP contribution in [0.3, 0.4) is 0 Å². The average Bonchev–Trinajstić information content (AvgIpc) is 3.91. The number of nitriles is 4. The number of hydrogen-bond acceptors (Lipinski definition) is 8. The van der Waals surface area contributed by atoms with Crippen LogP contribution >= 0.6 is 22.7 Å². The number of ketones is 2. The first kappa shape index (κ1) is 33.0. The first-order valence-corrected chi connectivity index (χ1v) is 17.6. The number of allylic oxidation sites excluding steroid dienone is 6. The van der Waals surface area contributed by atoms with E-state index >= 15 is 0 Å². The third kappa shape index (κ3) is 4.62. The van der Waals surface area contributed by atoms with Gasteiger partial charge in [0.2, 0.25) is 0 Å². The molecule has 2 aromatic heterocycles. The van der Waals surface area contributed by atoms with Crippen molar-refractivity contribution in [1.29, 1.82) is 21.0 Å². The zero-order valence-electron chi connectivity index (χ0n) is 26.6. The molecular formula is C40H18F4N4O2S2. The van der Waals surface area contributed by atoms with Crippen LogP contribution in [0.25, 0.3) is 33.1 Å². The van der Waals surface area contributed by atoms with Crippen molar-refractivity contribution in [1.82, 2.24) is 0 Å². The third-order valence-corrected chi connectivity index (χ3v) is 12.5. The lowest BCUT2D eigenvalue weighted by Gasteiger charge is -2.34. The van der Waals surface area contributed by atoms with Crippen LogP contribution in [-0.4, -0.2) is 11.6 Å². The number of Topliss-reactive ketones (excluding diaryl/α,β-unsaturated/α-hetero) is 2. The fourth-order valence-electron chi connectivity index (χ4n) is 7.91. The number of halogens is 4.